The number of likely N-dealkylation sites (tertiary alicyclic amines) is 1. The highest BCUT2D eigenvalue weighted by molar-refractivity contribution is 5.74. The fourth-order valence-electron chi connectivity index (χ4n) is 3.93. The predicted molar refractivity (Wildman–Crippen MR) is 100 cm³/mol. The Morgan fingerprint density at radius 3 is 2.56 bits per heavy atom. The summed E-state index contributed by atoms with van der Waals surface area (Å²) in [4.78, 5) is 16.6. The van der Waals surface area contributed by atoms with Gasteiger partial charge in [-0.3, -0.25) is 4.90 Å². The van der Waals surface area contributed by atoms with E-state index in [1.165, 1.54) is 0 Å². The van der Waals surface area contributed by atoms with Gasteiger partial charge < -0.3 is 15.0 Å². The van der Waals surface area contributed by atoms with Gasteiger partial charge >= 0.3 is 6.03 Å². The molecule has 2 saturated heterocycles. The second-order valence-electron chi connectivity index (χ2n) is 7.42. The summed E-state index contributed by atoms with van der Waals surface area (Å²) in [5.74, 6) is 0.513. The molecule has 2 unspecified atom stereocenters. The van der Waals surface area contributed by atoms with Crippen LogP contribution < -0.4 is 10.1 Å². The average molecular weight is 367 g/mol. The monoisotopic (exact) mass is 367 g/mol. The van der Waals surface area contributed by atoms with Gasteiger partial charge in [0.05, 0.1) is 17.2 Å². The van der Waals surface area contributed by atoms with E-state index in [2.05, 4.69) is 16.3 Å². The minimum absolute atomic E-state index is 0.0223. The Morgan fingerprint density at radius 1 is 1.26 bits per heavy atom. The molecule has 2 fully saturated rings. The molecule has 27 heavy (non-hydrogen) atoms. The molecule has 2 aliphatic rings. The molecule has 0 aromatic heterocycles. The van der Waals surface area contributed by atoms with Crippen molar-refractivity contribution in [3.8, 4) is 17.9 Å². The van der Waals surface area contributed by atoms with Crippen molar-refractivity contribution < 1.29 is 9.53 Å². The summed E-state index contributed by atoms with van der Waals surface area (Å²) < 4.78 is 5.82. The summed E-state index contributed by atoms with van der Waals surface area (Å²) in [6.45, 7) is 6.67. The molecule has 7 nitrogen and oxygen atoms in total. The van der Waals surface area contributed by atoms with Crippen LogP contribution in [0.4, 0.5) is 4.79 Å². The van der Waals surface area contributed by atoms with E-state index in [9.17, 15) is 10.1 Å². The number of carbonyl (C=O) groups excluding carboxylic acids is 1. The Balaban J connectivity index is 1.54. The molecule has 1 aromatic rings. The molecule has 1 N–H and O–H groups in total. The molecule has 0 aliphatic carbocycles. The van der Waals surface area contributed by atoms with Gasteiger partial charge in [0.1, 0.15) is 18.4 Å². The first-order chi connectivity index (χ1) is 13.0. The van der Waals surface area contributed by atoms with E-state index < -0.39 is 0 Å². The maximum atomic E-state index is 12.3. The van der Waals surface area contributed by atoms with Crippen LogP contribution in [0.3, 0.4) is 0 Å². The van der Waals surface area contributed by atoms with Crippen molar-refractivity contribution in [1.82, 2.24) is 15.1 Å². The van der Waals surface area contributed by atoms with Gasteiger partial charge in [-0.1, -0.05) is 0 Å². The second kappa shape index (κ2) is 8.28. The maximum absolute atomic E-state index is 12.3. The van der Waals surface area contributed by atoms with Crippen molar-refractivity contribution in [2.24, 2.45) is 0 Å². The van der Waals surface area contributed by atoms with Crippen molar-refractivity contribution in [2.45, 2.75) is 44.8 Å². The first-order valence-electron chi connectivity index (χ1n) is 9.40. The highest BCUT2D eigenvalue weighted by Gasteiger charge is 2.41. The van der Waals surface area contributed by atoms with Crippen LogP contribution >= 0.6 is 0 Å². The lowest BCUT2D eigenvalue weighted by Crippen LogP contribution is -2.58. The molecule has 0 radical (unpaired) electrons. The summed E-state index contributed by atoms with van der Waals surface area (Å²) in [5.41, 5.74) is 0.833. The minimum atomic E-state index is 0.0223. The third kappa shape index (κ3) is 4.32. The van der Waals surface area contributed by atoms with E-state index in [0.717, 1.165) is 32.5 Å². The van der Waals surface area contributed by atoms with Gasteiger partial charge in [-0.2, -0.15) is 10.5 Å². The molecule has 3 rings (SSSR count). The van der Waals surface area contributed by atoms with Crippen LogP contribution in [0.5, 0.6) is 5.75 Å². The quantitative estimate of drug-likeness (QED) is 0.860. The lowest BCUT2D eigenvalue weighted by atomic mass is 10.1. The Kier molecular flexibility index (Phi) is 5.83. The molecule has 1 aromatic carbocycles. The smallest absolute Gasteiger partial charge is 0.317 e. The van der Waals surface area contributed by atoms with Gasteiger partial charge in [-0.15, -0.1) is 0 Å². The third-order valence-corrected chi connectivity index (χ3v) is 5.17. The van der Waals surface area contributed by atoms with Gasteiger partial charge in [0.15, 0.2) is 0 Å². The number of amides is 2. The topological polar surface area (TPSA) is 92.4 Å². The lowest BCUT2D eigenvalue weighted by molar-refractivity contribution is 0.0704. The Morgan fingerprint density at radius 2 is 1.96 bits per heavy atom. The summed E-state index contributed by atoms with van der Waals surface area (Å²) in [5, 5.41) is 21.1. The number of carbonyl (C=O) groups is 1. The highest BCUT2D eigenvalue weighted by atomic mass is 16.5. The molecule has 0 saturated carbocycles. The maximum Gasteiger partial charge on any atom is 0.317 e. The van der Waals surface area contributed by atoms with E-state index in [1.807, 2.05) is 24.8 Å². The number of hydrogen-bond donors (Lipinski definition) is 1. The Labute approximate surface area is 160 Å². The van der Waals surface area contributed by atoms with Crippen molar-refractivity contribution in [3.63, 3.8) is 0 Å². The zero-order valence-corrected chi connectivity index (χ0v) is 15.8. The molecule has 2 heterocycles. The van der Waals surface area contributed by atoms with E-state index in [0.29, 0.717) is 35.6 Å². The van der Waals surface area contributed by atoms with Gasteiger partial charge in [0, 0.05) is 37.8 Å². The minimum Gasteiger partial charge on any atom is -0.491 e. The third-order valence-electron chi connectivity index (χ3n) is 5.17. The standard InChI is InChI=1S/C20H25N5O2/c1-14(2)23-20(26)24-12-17-4-5-18(13-24)25(17)7-8-27-19-6-3-15(10-21)9-16(19)11-22/h3,6,9,14,17-18H,4-5,7-8,12-13H2,1-2H3,(H,23,26). The summed E-state index contributed by atoms with van der Waals surface area (Å²) in [7, 11) is 0. The van der Waals surface area contributed by atoms with Crippen molar-refractivity contribution in [2.75, 3.05) is 26.2 Å². The molecule has 2 atom stereocenters. The molecular weight excluding hydrogens is 342 g/mol. The molecule has 142 valence electrons. The number of urea groups is 1. The van der Waals surface area contributed by atoms with Crippen LogP contribution in [-0.2, 0) is 0 Å². The SMILES string of the molecule is CC(C)NC(=O)N1CC2CCC(C1)N2CCOc1ccc(C#N)cc1C#N. The number of benzene rings is 1. The zero-order valence-electron chi connectivity index (χ0n) is 15.8. The van der Waals surface area contributed by atoms with Crippen LogP contribution in [-0.4, -0.2) is 60.2 Å². The summed E-state index contributed by atoms with van der Waals surface area (Å²) >= 11 is 0. The Bertz CT molecular complexity index is 766. The number of rotatable bonds is 5. The molecule has 0 spiro atoms. The summed E-state index contributed by atoms with van der Waals surface area (Å²) in [6.07, 6.45) is 2.19. The fraction of sp³-hybridized carbons (Fsp3) is 0.550. The zero-order chi connectivity index (χ0) is 19.4. The van der Waals surface area contributed by atoms with Crippen LogP contribution in [0.1, 0.15) is 37.8 Å². The second-order valence-corrected chi connectivity index (χ2v) is 7.42. The number of fused-ring (bicyclic) bond motifs is 2. The first kappa shape index (κ1) is 19.0. The van der Waals surface area contributed by atoms with E-state index in [4.69, 9.17) is 10.00 Å². The molecule has 2 bridgehead atoms. The first-order valence-corrected chi connectivity index (χ1v) is 9.40. The number of nitrogens with zero attached hydrogens (tertiary/aromatic N) is 4. The normalized spacial score (nSPS) is 21.6. The highest BCUT2D eigenvalue weighted by Crippen LogP contribution is 2.30. The van der Waals surface area contributed by atoms with Crippen LogP contribution in [0.25, 0.3) is 0 Å². The van der Waals surface area contributed by atoms with Crippen molar-refractivity contribution in [3.05, 3.63) is 29.3 Å². The van der Waals surface area contributed by atoms with Gasteiger partial charge in [-0.25, -0.2) is 4.79 Å². The number of piperazine rings is 1. The van der Waals surface area contributed by atoms with Gasteiger partial charge in [-0.05, 0) is 44.9 Å². The molecular formula is C20H25N5O2. The number of hydrogen-bond acceptors (Lipinski definition) is 5. The molecule has 2 amide bonds. The average Bonchev–Trinajstić information content (AvgIpc) is 2.88. The van der Waals surface area contributed by atoms with Crippen molar-refractivity contribution >= 4 is 6.03 Å². The number of nitrogens with one attached hydrogen (secondary N) is 1. The van der Waals surface area contributed by atoms with Crippen LogP contribution in [0, 0.1) is 22.7 Å². The lowest BCUT2D eigenvalue weighted by Gasteiger charge is -2.41. The van der Waals surface area contributed by atoms with Crippen molar-refractivity contribution in [1.29, 1.82) is 10.5 Å². The van der Waals surface area contributed by atoms with E-state index >= 15 is 0 Å². The number of nitriles is 2. The fourth-order valence-corrected chi connectivity index (χ4v) is 3.93. The molecule has 2 aliphatic heterocycles. The summed E-state index contributed by atoms with van der Waals surface area (Å²) in [6, 6.07) is 9.89. The van der Waals surface area contributed by atoms with Gasteiger partial charge in [0.2, 0.25) is 0 Å². The largest absolute Gasteiger partial charge is 0.491 e. The van der Waals surface area contributed by atoms with Crippen LogP contribution in [0.15, 0.2) is 18.2 Å². The van der Waals surface area contributed by atoms with Gasteiger partial charge in [0.25, 0.3) is 0 Å². The molecule has 7 heteroatoms. The van der Waals surface area contributed by atoms with E-state index in [1.54, 1.807) is 18.2 Å². The Hall–Kier alpha value is -2.77. The van der Waals surface area contributed by atoms with E-state index in [-0.39, 0.29) is 12.1 Å². The van der Waals surface area contributed by atoms with Crippen LogP contribution in [0.2, 0.25) is 0 Å². The number of ether oxygens (including phenoxy) is 1. The predicted octanol–water partition coefficient (Wildman–Crippen LogP) is 2.08.